The molecule has 0 fully saturated rings. The molecule has 4 rings (SSSR count). The van der Waals surface area contributed by atoms with Crippen LogP contribution in [0.4, 0.5) is 0 Å². The van der Waals surface area contributed by atoms with Gasteiger partial charge in [0.15, 0.2) is 0 Å². The van der Waals surface area contributed by atoms with Gasteiger partial charge in [0.25, 0.3) is 0 Å². The fourth-order valence-electron chi connectivity index (χ4n) is 3.21. The van der Waals surface area contributed by atoms with Crippen molar-refractivity contribution in [1.29, 1.82) is 0 Å². The Balaban J connectivity index is 1.54. The highest BCUT2D eigenvalue weighted by Gasteiger charge is 2.16. The Labute approximate surface area is 142 Å². The van der Waals surface area contributed by atoms with E-state index in [1.165, 1.54) is 28.0 Å². The summed E-state index contributed by atoms with van der Waals surface area (Å²) in [4.78, 5) is 0. The summed E-state index contributed by atoms with van der Waals surface area (Å²) in [6, 6.07) is 21.0. The molecule has 0 bridgehead atoms. The number of nitrogens with zero attached hydrogens (tertiary/aromatic N) is 1. The number of aromatic amines is 1. The van der Waals surface area contributed by atoms with Gasteiger partial charge in [-0.2, -0.15) is 5.10 Å². The Kier molecular flexibility index (Phi) is 4.11. The lowest BCUT2D eigenvalue weighted by Crippen LogP contribution is -2.01. The summed E-state index contributed by atoms with van der Waals surface area (Å²) in [5.41, 5.74) is 7.60. The third-order valence-electron chi connectivity index (χ3n) is 4.48. The fourth-order valence-corrected chi connectivity index (χ4v) is 3.21. The Morgan fingerprint density at radius 2 is 1.62 bits per heavy atom. The average molecular weight is 312 g/mol. The Bertz CT molecular complexity index is 871. The third kappa shape index (κ3) is 3.23. The van der Waals surface area contributed by atoms with Gasteiger partial charge in [-0.05, 0) is 42.5 Å². The van der Waals surface area contributed by atoms with Crippen molar-refractivity contribution in [2.24, 2.45) is 0 Å². The highest BCUT2D eigenvalue weighted by Crippen LogP contribution is 2.27. The molecule has 2 aromatic carbocycles. The van der Waals surface area contributed by atoms with E-state index in [2.05, 4.69) is 83.0 Å². The molecule has 1 aromatic heterocycles. The molecule has 1 aliphatic carbocycles. The molecule has 0 aliphatic heterocycles. The molecule has 1 aliphatic rings. The van der Waals surface area contributed by atoms with Crippen molar-refractivity contribution in [3.05, 3.63) is 94.3 Å². The molecule has 0 spiro atoms. The second-order valence-corrected chi connectivity index (χ2v) is 6.21. The Morgan fingerprint density at radius 3 is 2.42 bits per heavy atom. The maximum Gasteiger partial charge on any atom is 0.0887 e. The van der Waals surface area contributed by atoms with E-state index in [0.717, 1.165) is 25.0 Å². The first-order valence-corrected chi connectivity index (χ1v) is 8.42. The van der Waals surface area contributed by atoms with E-state index in [9.17, 15) is 0 Å². The van der Waals surface area contributed by atoms with Gasteiger partial charge in [-0.25, -0.2) is 0 Å². The van der Waals surface area contributed by atoms with E-state index in [0.29, 0.717) is 0 Å². The van der Waals surface area contributed by atoms with Crippen LogP contribution in [0.15, 0.2) is 66.2 Å². The van der Waals surface area contributed by atoms with Gasteiger partial charge in [0, 0.05) is 5.56 Å². The second kappa shape index (κ2) is 6.71. The largest absolute Gasteiger partial charge is 0.278 e. The number of aromatic nitrogens is 2. The maximum atomic E-state index is 4.50. The molecule has 0 atom stereocenters. The number of hydrogen-bond donors (Lipinski definition) is 1. The minimum atomic E-state index is 1.02. The molecule has 2 heteroatoms. The number of allylic oxidation sites excluding steroid dienone is 1. The molecular weight excluding hydrogens is 292 g/mol. The summed E-state index contributed by atoms with van der Waals surface area (Å²) in [5.74, 6) is 0. The van der Waals surface area contributed by atoms with Gasteiger partial charge in [-0.1, -0.05) is 72.3 Å². The van der Waals surface area contributed by atoms with Crippen LogP contribution in [0.25, 0.3) is 18.2 Å². The summed E-state index contributed by atoms with van der Waals surface area (Å²) in [7, 11) is 0. The van der Waals surface area contributed by atoms with E-state index in [1.54, 1.807) is 0 Å². The lowest BCUT2D eigenvalue weighted by atomic mass is 9.91. The van der Waals surface area contributed by atoms with Crippen LogP contribution in [0.2, 0.25) is 0 Å². The molecule has 0 unspecified atom stereocenters. The first-order chi connectivity index (χ1) is 11.9. The Hall–Kier alpha value is -2.87. The van der Waals surface area contributed by atoms with Crippen molar-refractivity contribution in [2.75, 3.05) is 0 Å². The zero-order valence-corrected chi connectivity index (χ0v) is 13.6. The molecule has 0 amide bonds. The van der Waals surface area contributed by atoms with Gasteiger partial charge in [0.05, 0.1) is 11.4 Å². The summed E-state index contributed by atoms with van der Waals surface area (Å²) >= 11 is 0. The van der Waals surface area contributed by atoms with Crippen molar-refractivity contribution in [3.63, 3.8) is 0 Å². The zero-order valence-electron chi connectivity index (χ0n) is 13.6. The summed E-state index contributed by atoms with van der Waals surface area (Å²) in [6.45, 7) is 0. The van der Waals surface area contributed by atoms with E-state index in [-0.39, 0.29) is 0 Å². The average Bonchev–Trinajstić information content (AvgIpc) is 3.04. The highest BCUT2D eigenvalue weighted by molar-refractivity contribution is 5.72. The van der Waals surface area contributed by atoms with Crippen LogP contribution in [0.5, 0.6) is 0 Å². The minimum absolute atomic E-state index is 1.02. The summed E-state index contributed by atoms with van der Waals surface area (Å²) in [5, 5.41) is 7.70. The Morgan fingerprint density at radius 1 is 0.875 bits per heavy atom. The quantitative estimate of drug-likeness (QED) is 0.709. The van der Waals surface area contributed by atoms with Gasteiger partial charge in [-0.3, -0.25) is 5.10 Å². The van der Waals surface area contributed by atoms with Crippen LogP contribution in [-0.4, -0.2) is 10.2 Å². The predicted molar refractivity (Wildman–Crippen MR) is 100 cm³/mol. The predicted octanol–water partition coefficient (Wildman–Crippen LogP) is 5.15. The van der Waals surface area contributed by atoms with E-state index in [4.69, 9.17) is 0 Å². The number of H-pyrrole nitrogens is 1. The number of hydrogen-bond acceptors (Lipinski definition) is 1. The van der Waals surface area contributed by atoms with Gasteiger partial charge in [0.2, 0.25) is 0 Å². The molecule has 24 heavy (non-hydrogen) atoms. The number of fused-ring (bicyclic) bond motifs is 1. The second-order valence-electron chi connectivity index (χ2n) is 6.21. The van der Waals surface area contributed by atoms with E-state index >= 15 is 0 Å². The molecule has 2 nitrogen and oxygen atoms in total. The number of rotatable bonds is 4. The van der Waals surface area contributed by atoms with Gasteiger partial charge < -0.3 is 0 Å². The van der Waals surface area contributed by atoms with Gasteiger partial charge in [0.1, 0.15) is 0 Å². The smallest absolute Gasteiger partial charge is 0.0887 e. The zero-order chi connectivity index (χ0) is 16.2. The minimum Gasteiger partial charge on any atom is -0.278 e. The number of nitrogens with one attached hydrogen (secondary N) is 1. The lowest BCUT2D eigenvalue weighted by Gasteiger charge is -2.13. The SMILES string of the molecule is C1=C(Cc2ccccc2)CCc2c(/C=C/c3ccccc3)n[nH]c21. The standard InChI is InChI=1S/C22H20N2/c1-3-7-17(8-4-1)12-14-21-20-13-11-19(16-22(20)24-23-21)15-18-9-5-2-6-10-18/h1-10,12,14,16H,11,13,15H2,(H,23,24)/b14-12+. The first kappa shape index (κ1) is 14.7. The van der Waals surface area contributed by atoms with Crippen molar-refractivity contribution in [3.8, 4) is 0 Å². The maximum absolute atomic E-state index is 4.50. The van der Waals surface area contributed by atoms with Crippen molar-refractivity contribution in [2.45, 2.75) is 19.3 Å². The van der Waals surface area contributed by atoms with Crippen LogP contribution in [0.3, 0.4) is 0 Å². The third-order valence-corrected chi connectivity index (χ3v) is 4.48. The summed E-state index contributed by atoms with van der Waals surface area (Å²) in [6.07, 6.45) is 9.69. The van der Waals surface area contributed by atoms with Crippen molar-refractivity contribution in [1.82, 2.24) is 10.2 Å². The first-order valence-electron chi connectivity index (χ1n) is 8.42. The fraction of sp³-hybridized carbons (Fsp3) is 0.136. The molecule has 0 radical (unpaired) electrons. The van der Waals surface area contributed by atoms with E-state index < -0.39 is 0 Å². The molecule has 1 heterocycles. The normalized spacial score (nSPS) is 13.8. The summed E-state index contributed by atoms with van der Waals surface area (Å²) < 4.78 is 0. The van der Waals surface area contributed by atoms with Crippen LogP contribution in [0.1, 0.15) is 34.5 Å². The topological polar surface area (TPSA) is 28.7 Å². The molecule has 3 aromatic rings. The van der Waals surface area contributed by atoms with Crippen LogP contribution in [0, 0.1) is 0 Å². The monoisotopic (exact) mass is 312 g/mol. The number of benzene rings is 2. The molecule has 0 saturated carbocycles. The highest BCUT2D eigenvalue weighted by atomic mass is 15.1. The van der Waals surface area contributed by atoms with Gasteiger partial charge >= 0.3 is 0 Å². The van der Waals surface area contributed by atoms with Crippen molar-refractivity contribution < 1.29 is 0 Å². The molecule has 118 valence electrons. The van der Waals surface area contributed by atoms with Gasteiger partial charge in [-0.15, -0.1) is 0 Å². The van der Waals surface area contributed by atoms with Crippen LogP contribution >= 0.6 is 0 Å². The molecular formula is C22H20N2. The lowest BCUT2D eigenvalue weighted by molar-refractivity contribution is 0.886. The van der Waals surface area contributed by atoms with Crippen LogP contribution < -0.4 is 0 Å². The van der Waals surface area contributed by atoms with Crippen LogP contribution in [-0.2, 0) is 12.8 Å². The van der Waals surface area contributed by atoms with Crippen molar-refractivity contribution >= 4 is 18.2 Å². The molecule has 0 saturated heterocycles. The van der Waals surface area contributed by atoms with E-state index in [1.807, 2.05) is 6.07 Å². The molecule has 1 N–H and O–H groups in total.